The van der Waals surface area contributed by atoms with Crippen LogP contribution in [0.25, 0.3) is 11.0 Å². The molecular weight excluding hydrogens is 403 g/mol. The van der Waals surface area contributed by atoms with Crippen LogP contribution in [-0.4, -0.2) is 30.7 Å². The highest BCUT2D eigenvalue weighted by molar-refractivity contribution is 5.83. The van der Waals surface area contributed by atoms with E-state index in [-0.39, 0.29) is 46.9 Å². The number of phenols is 1. The molecule has 0 atom stereocenters. The summed E-state index contributed by atoms with van der Waals surface area (Å²) in [7, 11) is 3.34. The molecule has 0 aliphatic heterocycles. The molecule has 0 aliphatic carbocycles. The van der Waals surface area contributed by atoms with Crippen molar-refractivity contribution in [3.05, 3.63) is 57.9 Å². The van der Waals surface area contributed by atoms with E-state index in [1.807, 2.05) is 0 Å². The summed E-state index contributed by atoms with van der Waals surface area (Å²) in [6.45, 7) is 2.03. The van der Waals surface area contributed by atoms with Gasteiger partial charge in [0.05, 0.1) is 17.6 Å². The highest BCUT2D eigenvalue weighted by Gasteiger charge is 2.41. The number of nitrogens with zero attached hydrogens (tertiary/aromatic N) is 1. The highest BCUT2D eigenvalue weighted by Crippen LogP contribution is 2.41. The Labute approximate surface area is 170 Å². The monoisotopic (exact) mass is 423 g/mol. The van der Waals surface area contributed by atoms with Gasteiger partial charge in [-0.05, 0) is 45.3 Å². The van der Waals surface area contributed by atoms with Crippen molar-refractivity contribution in [1.82, 2.24) is 4.90 Å². The average Bonchev–Trinajstić information content (AvgIpc) is 2.66. The summed E-state index contributed by atoms with van der Waals surface area (Å²) in [6, 6.07) is 8.52. The zero-order valence-corrected chi connectivity index (χ0v) is 16.5. The summed E-state index contributed by atoms with van der Waals surface area (Å²) in [5.74, 6) is -2.72. The van der Waals surface area contributed by atoms with Gasteiger partial charge in [0.2, 0.25) is 11.2 Å². The fourth-order valence-electron chi connectivity index (χ4n) is 2.95. The van der Waals surface area contributed by atoms with Crippen molar-refractivity contribution in [1.29, 1.82) is 0 Å². The Morgan fingerprint density at radius 1 is 1.10 bits per heavy atom. The SMILES string of the molecule is CCOc1ccccc1Oc1c(C(F)(F)F)oc2c(CN(C)C)c(O)ccc2c1=O. The maximum Gasteiger partial charge on any atom is 0.453 e. The number of benzene rings is 2. The first kappa shape index (κ1) is 21.5. The molecule has 160 valence electrons. The van der Waals surface area contributed by atoms with Gasteiger partial charge < -0.3 is 23.9 Å². The number of halogens is 3. The minimum Gasteiger partial charge on any atom is -0.507 e. The number of rotatable bonds is 6. The smallest absolute Gasteiger partial charge is 0.453 e. The molecule has 6 nitrogen and oxygen atoms in total. The fourth-order valence-corrected chi connectivity index (χ4v) is 2.95. The Bertz CT molecular complexity index is 1120. The zero-order valence-electron chi connectivity index (χ0n) is 16.5. The predicted molar refractivity (Wildman–Crippen MR) is 104 cm³/mol. The van der Waals surface area contributed by atoms with E-state index >= 15 is 0 Å². The molecular formula is C21H20F3NO5. The summed E-state index contributed by atoms with van der Waals surface area (Å²) in [6.07, 6.45) is -5.01. The first-order chi connectivity index (χ1) is 14.1. The van der Waals surface area contributed by atoms with Crippen molar-refractivity contribution in [3.8, 4) is 23.0 Å². The van der Waals surface area contributed by atoms with E-state index in [9.17, 15) is 23.1 Å². The van der Waals surface area contributed by atoms with E-state index in [1.165, 1.54) is 24.3 Å². The van der Waals surface area contributed by atoms with Crippen LogP contribution >= 0.6 is 0 Å². The van der Waals surface area contributed by atoms with Crippen LogP contribution in [0, 0.1) is 0 Å². The molecule has 0 saturated heterocycles. The van der Waals surface area contributed by atoms with Crippen LogP contribution in [0.1, 0.15) is 18.2 Å². The normalized spacial score (nSPS) is 11.8. The lowest BCUT2D eigenvalue weighted by Gasteiger charge is -2.17. The zero-order chi connectivity index (χ0) is 22.1. The third kappa shape index (κ3) is 4.20. The molecule has 0 unspecified atom stereocenters. The second kappa shape index (κ2) is 8.27. The van der Waals surface area contributed by atoms with Crippen LogP contribution in [0.2, 0.25) is 0 Å². The lowest BCUT2D eigenvalue weighted by molar-refractivity contribution is -0.154. The maximum absolute atomic E-state index is 13.8. The number of phenolic OH excluding ortho intramolecular Hbond substituents is 1. The number of para-hydroxylation sites is 2. The van der Waals surface area contributed by atoms with Gasteiger partial charge >= 0.3 is 6.18 Å². The topological polar surface area (TPSA) is 72.1 Å². The van der Waals surface area contributed by atoms with Gasteiger partial charge in [-0.2, -0.15) is 13.2 Å². The van der Waals surface area contributed by atoms with Gasteiger partial charge in [0.15, 0.2) is 11.5 Å². The molecule has 1 N–H and O–H groups in total. The Kier molecular flexibility index (Phi) is 5.93. The van der Waals surface area contributed by atoms with E-state index in [0.29, 0.717) is 0 Å². The van der Waals surface area contributed by atoms with E-state index in [1.54, 1.807) is 38.1 Å². The lowest BCUT2D eigenvalue weighted by Crippen LogP contribution is -2.17. The van der Waals surface area contributed by atoms with Crippen LogP contribution in [0.4, 0.5) is 13.2 Å². The molecule has 1 heterocycles. The second-order valence-corrected chi connectivity index (χ2v) is 6.75. The van der Waals surface area contributed by atoms with E-state index in [2.05, 4.69) is 0 Å². The molecule has 0 bridgehead atoms. The van der Waals surface area contributed by atoms with E-state index < -0.39 is 23.1 Å². The molecule has 3 rings (SSSR count). The van der Waals surface area contributed by atoms with Crippen molar-refractivity contribution in [2.45, 2.75) is 19.6 Å². The molecule has 30 heavy (non-hydrogen) atoms. The Balaban J connectivity index is 2.28. The van der Waals surface area contributed by atoms with Crippen LogP contribution in [-0.2, 0) is 12.7 Å². The lowest BCUT2D eigenvalue weighted by atomic mass is 10.1. The van der Waals surface area contributed by atoms with Crippen molar-refractivity contribution in [3.63, 3.8) is 0 Å². The molecule has 3 aromatic rings. The third-order valence-electron chi connectivity index (χ3n) is 4.19. The number of hydrogen-bond acceptors (Lipinski definition) is 6. The minimum atomic E-state index is -5.01. The summed E-state index contributed by atoms with van der Waals surface area (Å²) in [4.78, 5) is 14.6. The Morgan fingerprint density at radius 3 is 2.37 bits per heavy atom. The first-order valence-electron chi connectivity index (χ1n) is 9.06. The van der Waals surface area contributed by atoms with Crippen molar-refractivity contribution >= 4 is 11.0 Å². The molecule has 0 radical (unpaired) electrons. The number of hydrogen-bond donors (Lipinski definition) is 1. The van der Waals surface area contributed by atoms with Gasteiger partial charge in [0.25, 0.3) is 5.76 Å². The van der Waals surface area contributed by atoms with E-state index in [0.717, 1.165) is 0 Å². The van der Waals surface area contributed by atoms with Gasteiger partial charge in [0, 0.05) is 6.54 Å². The number of aromatic hydroxyl groups is 1. The van der Waals surface area contributed by atoms with Gasteiger partial charge in [0.1, 0.15) is 11.3 Å². The van der Waals surface area contributed by atoms with Gasteiger partial charge in [-0.3, -0.25) is 4.79 Å². The first-order valence-corrected chi connectivity index (χ1v) is 9.06. The standard InChI is InChI=1S/C21H20F3NO5/c1-4-28-15-7-5-6-8-16(15)29-19-17(27)12-9-10-14(26)13(11-25(2)3)18(12)30-20(19)21(22,23)24/h5-10,26H,4,11H2,1-3H3. The highest BCUT2D eigenvalue weighted by atomic mass is 19.4. The quantitative estimate of drug-likeness (QED) is 0.616. The van der Waals surface area contributed by atoms with Crippen molar-refractivity contribution in [2.24, 2.45) is 0 Å². The van der Waals surface area contributed by atoms with Crippen molar-refractivity contribution < 1.29 is 32.2 Å². The average molecular weight is 423 g/mol. The molecule has 0 aliphatic rings. The van der Waals surface area contributed by atoms with Gasteiger partial charge in [-0.15, -0.1) is 0 Å². The molecule has 9 heteroatoms. The summed E-state index contributed by atoms with van der Waals surface area (Å²) in [5, 5.41) is 9.99. The van der Waals surface area contributed by atoms with Crippen molar-refractivity contribution in [2.75, 3.05) is 20.7 Å². The second-order valence-electron chi connectivity index (χ2n) is 6.75. The number of ether oxygens (including phenoxy) is 2. The summed E-state index contributed by atoms with van der Waals surface area (Å²) in [5.41, 5.74) is -1.28. The van der Waals surface area contributed by atoms with Crippen LogP contribution in [0.5, 0.6) is 23.0 Å². The number of alkyl halides is 3. The minimum absolute atomic E-state index is 0.0520. The Hall–Kier alpha value is -3.20. The Morgan fingerprint density at radius 2 is 1.77 bits per heavy atom. The molecule has 0 fully saturated rings. The predicted octanol–water partition coefficient (Wildman–Crippen LogP) is 4.77. The van der Waals surface area contributed by atoms with E-state index in [4.69, 9.17) is 13.9 Å². The van der Waals surface area contributed by atoms with Crippen LogP contribution < -0.4 is 14.9 Å². The number of fused-ring (bicyclic) bond motifs is 1. The molecule has 1 aromatic heterocycles. The molecule has 2 aromatic carbocycles. The molecule has 0 amide bonds. The van der Waals surface area contributed by atoms with Gasteiger partial charge in [-0.25, -0.2) is 0 Å². The molecule has 0 spiro atoms. The fraction of sp³-hybridized carbons (Fsp3) is 0.286. The third-order valence-corrected chi connectivity index (χ3v) is 4.19. The summed E-state index contributed by atoms with van der Waals surface area (Å²) < 4.78 is 57.3. The van der Waals surface area contributed by atoms with Crippen LogP contribution in [0.3, 0.4) is 0 Å². The maximum atomic E-state index is 13.8. The van der Waals surface area contributed by atoms with Gasteiger partial charge in [-0.1, -0.05) is 12.1 Å². The molecule has 0 saturated carbocycles. The van der Waals surface area contributed by atoms with Crippen LogP contribution in [0.15, 0.2) is 45.6 Å². The summed E-state index contributed by atoms with van der Waals surface area (Å²) >= 11 is 0. The largest absolute Gasteiger partial charge is 0.507 e.